The first kappa shape index (κ1) is 18.7. The van der Waals surface area contributed by atoms with Crippen molar-refractivity contribution in [2.75, 3.05) is 5.75 Å². The molecule has 2 aromatic rings. The van der Waals surface area contributed by atoms with Crippen molar-refractivity contribution in [1.82, 2.24) is 0 Å². The highest BCUT2D eigenvalue weighted by Crippen LogP contribution is 2.21. The van der Waals surface area contributed by atoms with E-state index in [4.69, 9.17) is 16.2 Å². The second kappa shape index (κ2) is 7.94. The van der Waals surface area contributed by atoms with E-state index >= 15 is 0 Å². The fourth-order valence-electron chi connectivity index (χ4n) is 2.41. The molecule has 132 valence electrons. The van der Waals surface area contributed by atoms with Gasteiger partial charge in [-0.1, -0.05) is 48.5 Å². The molecule has 0 radical (unpaired) electrons. The highest BCUT2D eigenvalue weighted by atomic mass is 32.2. The minimum atomic E-state index is -3.32. The van der Waals surface area contributed by atoms with Crippen LogP contribution in [0.3, 0.4) is 0 Å². The van der Waals surface area contributed by atoms with Crippen molar-refractivity contribution in [3.8, 4) is 11.1 Å². The average molecular weight is 360 g/mol. The lowest BCUT2D eigenvalue weighted by Gasteiger charge is -2.07. The molecule has 6 nitrogen and oxygen atoms in total. The Morgan fingerprint density at radius 2 is 1.52 bits per heavy atom. The SMILES string of the molecule is N=C(N)c1ccc(-c2ccc(CS(=O)(=O)CCCC(=O)O)cc2)cc1. The third-order valence-electron chi connectivity index (χ3n) is 3.72. The number of nitrogen functional groups attached to an aromatic ring is 1. The van der Waals surface area contributed by atoms with Gasteiger partial charge in [-0.2, -0.15) is 0 Å². The maximum Gasteiger partial charge on any atom is 0.303 e. The van der Waals surface area contributed by atoms with Gasteiger partial charge in [0.15, 0.2) is 9.84 Å². The Balaban J connectivity index is 2.04. The second-order valence-electron chi connectivity index (χ2n) is 5.78. The summed E-state index contributed by atoms with van der Waals surface area (Å²) >= 11 is 0. The fourth-order valence-corrected chi connectivity index (χ4v) is 3.83. The third-order valence-corrected chi connectivity index (χ3v) is 5.40. The van der Waals surface area contributed by atoms with Gasteiger partial charge >= 0.3 is 5.97 Å². The number of benzene rings is 2. The van der Waals surface area contributed by atoms with Gasteiger partial charge in [-0.3, -0.25) is 10.2 Å². The Morgan fingerprint density at radius 3 is 2.00 bits per heavy atom. The Labute approximate surface area is 146 Å². The molecule has 2 aromatic carbocycles. The standard InChI is InChI=1S/C18H20N2O4S/c19-18(20)16-9-7-15(8-10-16)14-5-3-13(4-6-14)12-25(23,24)11-1-2-17(21)22/h3-10H,1-2,11-12H2,(H3,19,20)(H,21,22). The number of sulfone groups is 1. The van der Waals surface area contributed by atoms with Crippen molar-refractivity contribution in [3.05, 3.63) is 59.7 Å². The minimum absolute atomic E-state index is 0.00926. The summed E-state index contributed by atoms with van der Waals surface area (Å²) < 4.78 is 24.0. The molecule has 0 fully saturated rings. The Kier molecular flexibility index (Phi) is 5.93. The molecular weight excluding hydrogens is 340 g/mol. The summed E-state index contributed by atoms with van der Waals surface area (Å²) in [5.74, 6) is -1.21. The van der Waals surface area contributed by atoms with E-state index in [0.29, 0.717) is 11.1 Å². The molecule has 0 aromatic heterocycles. The number of aliphatic carboxylic acids is 1. The molecule has 0 atom stereocenters. The van der Waals surface area contributed by atoms with Crippen molar-refractivity contribution < 1.29 is 18.3 Å². The molecule has 0 saturated carbocycles. The first-order chi connectivity index (χ1) is 11.8. The van der Waals surface area contributed by atoms with Crippen LogP contribution >= 0.6 is 0 Å². The van der Waals surface area contributed by atoms with Crippen LogP contribution in [-0.4, -0.2) is 31.1 Å². The second-order valence-corrected chi connectivity index (χ2v) is 7.96. The summed E-state index contributed by atoms with van der Waals surface area (Å²) in [6.45, 7) is 0. The summed E-state index contributed by atoms with van der Waals surface area (Å²) in [6, 6.07) is 14.4. The van der Waals surface area contributed by atoms with Crippen molar-refractivity contribution in [1.29, 1.82) is 5.41 Å². The molecule has 0 aliphatic rings. The largest absolute Gasteiger partial charge is 0.481 e. The molecule has 0 aliphatic carbocycles. The number of hydrogen-bond acceptors (Lipinski definition) is 4. The van der Waals surface area contributed by atoms with Crippen LogP contribution in [0.5, 0.6) is 0 Å². The van der Waals surface area contributed by atoms with Crippen LogP contribution in [0.4, 0.5) is 0 Å². The van der Waals surface area contributed by atoms with Crippen molar-refractivity contribution >= 4 is 21.6 Å². The van der Waals surface area contributed by atoms with Gasteiger partial charge in [0.1, 0.15) is 5.84 Å². The lowest BCUT2D eigenvalue weighted by Crippen LogP contribution is -2.11. The van der Waals surface area contributed by atoms with E-state index in [0.717, 1.165) is 11.1 Å². The molecule has 0 amide bonds. The van der Waals surface area contributed by atoms with Crippen LogP contribution in [0.15, 0.2) is 48.5 Å². The van der Waals surface area contributed by atoms with E-state index in [2.05, 4.69) is 0 Å². The van der Waals surface area contributed by atoms with Gasteiger partial charge in [0.2, 0.25) is 0 Å². The first-order valence-electron chi connectivity index (χ1n) is 7.73. The van der Waals surface area contributed by atoms with Gasteiger partial charge in [0, 0.05) is 12.0 Å². The Hall–Kier alpha value is -2.67. The molecule has 0 heterocycles. The summed E-state index contributed by atoms with van der Waals surface area (Å²) in [5, 5.41) is 16.0. The summed E-state index contributed by atoms with van der Waals surface area (Å²) in [7, 11) is -3.32. The highest BCUT2D eigenvalue weighted by Gasteiger charge is 2.13. The van der Waals surface area contributed by atoms with E-state index in [1.807, 2.05) is 24.3 Å². The quantitative estimate of drug-likeness (QED) is 0.493. The van der Waals surface area contributed by atoms with E-state index in [-0.39, 0.29) is 30.2 Å². The lowest BCUT2D eigenvalue weighted by molar-refractivity contribution is -0.137. The molecular formula is C18H20N2O4S. The summed E-state index contributed by atoms with van der Waals surface area (Å²) in [6.07, 6.45) is -0.0212. The van der Waals surface area contributed by atoms with Gasteiger partial charge in [0.25, 0.3) is 0 Å². The van der Waals surface area contributed by atoms with Crippen LogP contribution in [0, 0.1) is 5.41 Å². The molecule has 2 rings (SSSR count). The van der Waals surface area contributed by atoms with E-state index in [9.17, 15) is 13.2 Å². The number of nitrogens with one attached hydrogen (secondary N) is 1. The average Bonchev–Trinajstić information content (AvgIpc) is 2.54. The van der Waals surface area contributed by atoms with Gasteiger partial charge in [-0.05, 0) is 23.1 Å². The highest BCUT2D eigenvalue weighted by molar-refractivity contribution is 7.90. The third kappa shape index (κ3) is 5.72. The summed E-state index contributed by atoms with van der Waals surface area (Å²) in [4.78, 5) is 10.5. The zero-order valence-corrected chi connectivity index (χ0v) is 14.4. The molecule has 0 spiro atoms. The van der Waals surface area contributed by atoms with Crippen LogP contribution in [-0.2, 0) is 20.4 Å². The fraction of sp³-hybridized carbons (Fsp3) is 0.222. The normalized spacial score (nSPS) is 11.2. The molecule has 4 N–H and O–H groups in total. The predicted molar refractivity (Wildman–Crippen MR) is 97.3 cm³/mol. The maximum atomic E-state index is 12.0. The number of hydrogen-bond donors (Lipinski definition) is 3. The smallest absolute Gasteiger partial charge is 0.303 e. The number of carbonyl (C=O) groups is 1. The number of rotatable bonds is 8. The number of carboxylic acid groups (broad SMARTS) is 1. The van der Waals surface area contributed by atoms with Crippen molar-refractivity contribution in [3.63, 3.8) is 0 Å². The van der Waals surface area contributed by atoms with Crippen LogP contribution in [0.25, 0.3) is 11.1 Å². The van der Waals surface area contributed by atoms with Gasteiger partial charge in [0.05, 0.1) is 11.5 Å². The van der Waals surface area contributed by atoms with Gasteiger partial charge in [-0.15, -0.1) is 0 Å². The minimum Gasteiger partial charge on any atom is -0.481 e. The number of amidine groups is 1. The summed E-state index contributed by atoms with van der Waals surface area (Å²) in [5.41, 5.74) is 8.62. The Morgan fingerprint density at radius 1 is 1.00 bits per heavy atom. The van der Waals surface area contributed by atoms with Gasteiger partial charge < -0.3 is 10.8 Å². The first-order valence-corrected chi connectivity index (χ1v) is 9.55. The van der Waals surface area contributed by atoms with E-state index in [1.165, 1.54) is 0 Å². The number of nitrogens with two attached hydrogens (primary N) is 1. The maximum absolute atomic E-state index is 12.0. The molecule has 0 bridgehead atoms. The zero-order chi connectivity index (χ0) is 18.4. The van der Waals surface area contributed by atoms with Crippen molar-refractivity contribution in [2.24, 2.45) is 5.73 Å². The van der Waals surface area contributed by atoms with Crippen LogP contribution in [0.1, 0.15) is 24.0 Å². The lowest BCUT2D eigenvalue weighted by atomic mass is 10.0. The predicted octanol–water partition coefficient (Wildman–Crippen LogP) is 2.42. The molecule has 0 aliphatic heterocycles. The van der Waals surface area contributed by atoms with Gasteiger partial charge in [-0.25, -0.2) is 8.42 Å². The molecule has 7 heteroatoms. The molecule has 25 heavy (non-hydrogen) atoms. The van der Waals surface area contributed by atoms with Crippen LogP contribution < -0.4 is 5.73 Å². The zero-order valence-electron chi connectivity index (χ0n) is 13.6. The molecule has 0 saturated heterocycles. The molecule has 0 unspecified atom stereocenters. The number of carboxylic acids is 1. The van der Waals surface area contributed by atoms with E-state index in [1.54, 1.807) is 24.3 Å². The Bertz CT molecular complexity index is 857. The topological polar surface area (TPSA) is 121 Å². The van der Waals surface area contributed by atoms with Crippen LogP contribution in [0.2, 0.25) is 0 Å². The van der Waals surface area contributed by atoms with Crippen molar-refractivity contribution in [2.45, 2.75) is 18.6 Å². The van der Waals surface area contributed by atoms with E-state index < -0.39 is 15.8 Å². The monoisotopic (exact) mass is 360 g/mol.